The highest BCUT2D eigenvalue weighted by atomic mass is 32.1. The van der Waals surface area contributed by atoms with Crippen LogP contribution in [-0.2, 0) is 4.74 Å². The summed E-state index contributed by atoms with van der Waals surface area (Å²) in [5.41, 5.74) is 0.811. The van der Waals surface area contributed by atoms with Crippen molar-refractivity contribution in [3.8, 4) is 5.75 Å². The molecule has 1 atom stereocenters. The van der Waals surface area contributed by atoms with E-state index in [1.165, 1.54) is 12.1 Å². The van der Waals surface area contributed by atoms with Crippen molar-refractivity contribution in [2.75, 3.05) is 0 Å². The maximum absolute atomic E-state index is 13.3. The van der Waals surface area contributed by atoms with Crippen LogP contribution in [0.5, 0.6) is 5.75 Å². The van der Waals surface area contributed by atoms with Gasteiger partial charge in [0, 0.05) is 5.56 Å². The highest BCUT2D eigenvalue weighted by molar-refractivity contribution is 7.96. The maximum atomic E-state index is 13.3. The Morgan fingerprint density at radius 2 is 2.26 bits per heavy atom. The Hall–Kier alpha value is -1.63. The molecule has 0 unspecified atom stereocenters. The Bertz CT molecular complexity index is 548. The molecule has 0 aliphatic carbocycles. The van der Waals surface area contributed by atoms with E-state index in [0.717, 1.165) is 0 Å². The fraction of sp³-hybridized carbons (Fsp3) is 0.333. The molecule has 102 valence electrons. The lowest BCUT2D eigenvalue weighted by atomic mass is 9.93. The van der Waals surface area contributed by atoms with Gasteiger partial charge in [0.2, 0.25) is 5.90 Å². The molecule has 0 spiro atoms. The Balaban J connectivity index is 2.33. The summed E-state index contributed by atoms with van der Waals surface area (Å²) in [6.45, 7) is 1.67. The van der Waals surface area contributed by atoms with Gasteiger partial charge in [0.1, 0.15) is 5.75 Å². The van der Waals surface area contributed by atoms with Crippen molar-refractivity contribution in [1.82, 2.24) is 0 Å². The largest absolute Gasteiger partial charge is 0.432 e. The van der Waals surface area contributed by atoms with Crippen LogP contribution in [0.4, 0.5) is 13.6 Å². The summed E-state index contributed by atoms with van der Waals surface area (Å²) in [6, 6.07) is 4.37. The number of hydrogen-bond donors (Lipinski definition) is 2. The second kappa shape index (κ2) is 4.80. The Kier molecular flexibility index (Phi) is 3.49. The second-order valence-corrected chi connectivity index (χ2v) is 4.66. The van der Waals surface area contributed by atoms with Crippen LogP contribution < -0.4 is 4.74 Å². The zero-order chi connectivity index (χ0) is 14.2. The minimum Gasteiger partial charge on any atom is -0.432 e. The molecular weight excluding hydrogens is 276 g/mol. The van der Waals surface area contributed by atoms with Crippen molar-refractivity contribution in [2.45, 2.75) is 25.4 Å². The van der Waals surface area contributed by atoms with E-state index in [1.54, 1.807) is 13.0 Å². The van der Waals surface area contributed by atoms with Crippen LogP contribution in [0.2, 0.25) is 0 Å². The minimum absolute atomic E-state index is 0.00112. The topological polar surface area (TPSA) is 59.4 Å². The van der Waals surface area contributed by atoms with Crippen molar-refractivity contribution in [3.05, 3.63) is 29.3 Å². The highest BCUT2D eigenvalue weighted by Gasteiger charge is 2.40. The van der Waals surface area contributed by atoms with E-state index in [0.29, 0.717) is 5.56 Å². The number of nitrogens with one attached hydrogen (secondary N) is 1. The third-order valence-electron chi connectivity index (χ3n) is 2.80. The van der Waals surface area contributed by atoms with Gasteiger partial charge in [-0.15, -0.1) is 0 Å². The van der Waals surface area contributed by atoms with Gasteiger partial charge in [-0.1, -0.05) is 25.6 Å². The number of benzene rings is 1. The molecule has 0 aromatic heterocycles. The molecule has 0 bridgehead atoms. The monoisotopic (exact) mass is 287 g/mol. The van der Waals surface area contributed by atoms with Gasteiger partial charge in [-0.25, -0.2) is 4.79 Å². The van der Waals surface area contributed by atoms with Crippen molar-refractivity contribution < 1.29 is 23.0 Å². The lowest BCUT2D eigenvalue weighted by Crippen LogP contribution is -2.31. The average Bonchev–Trinajstić information content (AvgIpc) is 2.25. The van der Waals surface area contributed by atoms with Gasteiger partial charge in [0.15, 0.2) is 0 Å². The summed E-state index contributed by atoms with van der Waals surface area (Å²) in [5.74, 6) is -0.816. The molecule has 1 N–H and O–H groups in total. The van der Waals surface area contributed by atoms with Crippen LogP contribution in [0.15, 0.2) is 18.2 Å². The van der Waals surface area contributed by atoms with Crippen molar-refractivity contribution in [1.29, 1.82) is 5.41 Å². The van der Waals surface area contributed by atoms with Crippen LogP contribution in [0.3, 0.4) is 0 Å². The van der Waals surface area contributed by atoms with Gasteiger partial charge in [-0.3, -0.25) is 5.41 Å². The Labute approximate surface area is 113 Å². The highest BCUT2D eigenvalue weighted by Crippen LogP contribution is 2.42. The number of carbonyl (C=O) groups is 1. The fourth-order valence-electron chi connectivity index (χ4n) is 1.99. The van der Waals surface area contributed by atoms with Crippen molar-refractivity contribution >= 4 is 23.8 Å². The van der Waals surface area contributed by atoms with E-state index in [2.05, 4.69) is 22.1 Å². The van der Waals surface area contributed by atoms with E-state index in [4.69, 9.17) is 5.41 Å². The standard InChI is InChI=1S/C12H11F2NO3S/c1-6-5-12(13,14)18-9-4-7(2-3-8(6)9)10(15)17-11(16)19/h2-4,6,15H,5H2,1H3,(H,16,19)/t6-/m1/s1. The zero-order valence-corrected chi connectivity index (χ0v) is 10.8. The van der Waals surface area contributed by atoms with Gasteiger partial charge in [-0.2, -0.15) is 8.78 Å². The molecule has 1 aliphatic heterocycles. The number of ether oxygens (including phenoxy) is 2. The molecule has 1 aromatic rings. The van der Waals surface area contributed by atoms with Crippen LogP contribution >= 0.6 is 12.6 Å². The van der Waals surface area contributed by atoms with Crippen LogP contribution in [0.25, 0.3) is 0 Å². The van der Waals surface area contributed by atoms with Gasteiger partial charge < -0.3 is 9.47 Å². The normalized spacial score (nSPS) is 20.1. The SMILES string of the molecule is C[C@@H]1CC(F)(F)Oc2cc(C(=N)OC(=O)S)ccc21. The summed E-state index contributed by atoms with van der Waals surface area (Å²) < 4.78 is 35.7. The summed E-state index contributed by atoms with van der Waals surface area (Å²) in [4.78, 5) is 10.6. The Morgan fingerprint density at radius 1 is 1.58 bits per heavy atom. The molecule has 1 aromatic carbocycles. The smallest absolute Gasteiger partial charge is 0.398 e. The number of halogens is 2. The number of hydrogen-bond acceptors (Lipinski definition) is 4. The summed E-state index contributed by atoms with van der Waals surface area (Å²) in [6.07, 6.45) is -3.62. The average molecular weight is 287 g/mol. The molecule has 0 saturated heterocycles. The zero-order valence-electron chi connectivity index (χ0n) is 9.94. The minimum atomic E-state index is -3.23. The van der Waals surface area contributed by atoms with Crippen LogP contribution in [0, 0.1) is 5.41 Å². The number of rotatable bonds is 1. The van der Waals surface area contributed by atoms with Crippen molar-refractivity contribution in [2.24, 2.45) is 0 Å². The first-order chi connectivity index (χ1) is 8.78. The van der Waals surface area contributed by atoms with Crippen LogP contribution in [0.1, 0.15) is 30.4 Å². The first kappa shape index (κ1) is 13.8. The molecule has 0 saturated carbocycles. The number of carbonyl (C=O) groups excluding carboxylic acids is 1. The predicted octanol–water partition coefficient (Wildman–Crippen LogP) is 3.56. The molecule has 0 fully saturated rings. The molecule has 2 rings (SSSR count). The number of fused-ring (bicyclic) bond motifs is 1. The van der Waals surface area contributed by atoms with E-state index in [9.17, 15) is 13.6 Å². The van der Waals surface area contributed by atoms with E-state index in [1.807, 2.05) is 0 Å². The van der Waals surface area contributed by atoms with E-state index < -0.39 is 17.3 Å². The first-order valence-corrected chi connectivity index (χ1v) is 5.94. The first-order valence-electron chi connectivity index (χ1n) is 5.49. The summed E-state index contributed by atoms with van der Waals surface area (Å²) in [5, 5.41) is 6.55. The predicted molar refractivity (Wildman–Crippen MR) is 67.3 cm³/mol. The Morgan fingerprint density at radius 3 is 2.89 bits per heavy atom. The number of alkyl halides is 2. The number of thiol groups is 1. The molecule has 1 heterocycles. The summed E-state index contributed by atoms with van der Waals surface area (Å²) in [7, 11) is 0. The van der Waals surface area contributed by atoms with Crippen molar-refractivity contribution in [3.63, 3.8) is 0 Å². The molecule has 4 nitrogen and oxygen atoms in total. The third kappa shape index (κ3) is 3.04. The quantitative estimate of drug-likeness (QED) is 0.359. The second-order valence-electron chi connectivity index (χ2n) is 4.29. The lowest BCUT2D eigenvalue weighted by molar-refractivity contribution is -0.191. The lowest BCUT2D eigenvalue weighted by Gasteiger charge is -2.29. The molecular formula is C12H11F2NO3S. The van der Waals surface area contributed by atoms with E-state index >= 15 is 0 Å². The molecule has 7 heteroatoms. The van der Waals surface area contributed by atoms with Crippen LogP contribution in [-0.4, -0.2) is 17.3 Å². The molecule has 19 heavy (non-hydrogen) atoms. The molecule has 0 amide bonds. The third-order valence-corrected chi connectivity index (χ3v) is 2.89. The van der Waals surface area contributed by atoms with Gasteiger partial charge in [0.25, 0.3) is 0 Å². The van der Waals surface area contributed by atoms with Gasteiger partial charge in [-0.05, 0) is 23.6 Å². The van der Waals surface area contributed by atoms with Gasteiger partial charge >= 0.3 is 11.4 Å². The fourth-order valence-corrected chi connectivity index (χ4v) is 2.08. The maximum Gasteiger partial charge on any atom is 0.398 e. The summed E-state index contributed by atoms with van der Waals surface area (Å²) >= 11 is 3.37. The van der Waals surface area contributed by atoms with E-state index in [-0.39, 0.29) is 23.7 Å². The molecule has 1 aliphatic rings. The molecule has 0 radical (unpaired) electrons. The van der Waals surface area contributed by atoms with Gasteiger partial charge in [0.05, 0.1) is 6.42 Å².